The van der Waals surface area contributed by atoms with E-state index in [1.807, 2.05) is 0 Å². The van der Waals surface area contributed by atoms with Gasteiger partial charge in [-0.1, -0.05) is 13.0 Å². The fraction of sp³-hybridized carbons (Fsp3) is 0.611. The van der Waals surface area contributed by atoms with Crippen molar-refractivity contribution in [2.75, 3.05) is 31.2 Å². The van der Waals surface area contributed by atoms with Crippen LogP contribution < -0.4 is 16.1 Å². The van der Waals surface area contributed by atoms with Gasteiger partial charge in [0.1, 0.15) is 0 Å². The van der Waals surface area contributed by atoms with Crippen LogP contribution in [0.25, 0.3) is 11.2 Å². The number of aliphatic hydroxyl groups is 1. The summed E-state index contributed by atoms with van der Waals surface area (Å²) in [5, 5.41) is 10.4. The molecular formula is C18H27N5O4. The van der Waals surface area contributed by atoms with Gasteiger partial charge in [0.05, 0.1) is 25.9 Å². The molecule has 0 spiro atoms. The second-order valence-corrected chi connectivity index (χ2v) is 7.16. The number of piperidine rings is 1. The Morgan fingerprint density at radius 2 is 2.11 bits per heavy atom. The number of nitrogens with zero attached hydrogens (tertiary/aromatic N) is 4. The summed E-state index contributed by atoms with van der Waals surface area (Å²) in [6, 6.07) is 0. The number of hydrogen-bond donors (Lipinski definition) is 2. The third-order valence-electron chi connectivity index (χ3n) is 4.99. The van der Waals surface area contributed by atoms with Gasteiger partial charge in [0.25, 0.3) is 5.56 Å². The first kappa shape index (κ1) is 19.4. The highest BCUT2D eigenvalue weighted by atomic mass is 16.5. The molecule has 0 radical (unpaired) electrons. The van der Waals surface area contributed by atoms with Gasteiger partial charge >= 0.3 is 5.69 Å². The zero-order valence-electron chi connectivity index (χ0n) is 15.8. The lowest BCUT2D eigenvalue weighted by atomic mass is 10.00. The van der Waals surface area contributed by atoms with Crippen molar-refractivity contribution >= 4 is 17.1 Å². The number of nitrogens with one attached hydrogen (secondary N) is 1. The molecule has 0 aromatic carbocycles. The minimum Gasteiger partial charge on any atom is -0.389 e. The van der Waals surface area contributed by atoms with Gasteiger partial charge in [0.2, 0.25) is 5.95 Å². The lowest BCUT2D eigenvalue weighted by molar-refractivity contribution is 0.0404. The zero-order chi connectivity index (χ0) is 19.6. The van der Waals surface area contributed by atoms with E-state index in [2.05, 4.69) is 28.4 Å². The van der Waals surface area contributed by atoms with E-state index in [9.17, 15) is 14.7 Å². The van der Waals surface area contributed by atoms with E-state index in [1.54, 1.807) is 17.7 Å². The van der Waals surface area contributed by atoms with Crippen LogP contribution in [0.5, 0.6) is 0 Å². The normalized spacial score (nSPS) is 16.8. The molecule has 0 amide bonds. The predicted octanol–water partition coefficient (Wildman–Crippen LogP) is 0.223. The third kappa shape index (κ3) is 3.98. The Morgan fingerprint density at radius 3 is 2.78 bits per heavy atom. The van der Waals surface area contributed by atoms with Crippen molar-refractivity contribution in [3.63, 3.8) is 0 Å². The molecule has 1 atom stereocenters. The second kappa shape index (κ2) is 8.10. The Morgan fingerprint density at radius 1 is 1.41 bits per heavy atom. The Balaban J connectivity index is 2.03. The van der Waals surface area contributed by atoms with Crippen LogP contribution in [-0.2, 0) is 18.3 Å². The van der Waals surface area contributed by atoms with E-state index < -0.39 is 17.4 Å². The summed E-state index contributed by atoms with van der Waals surface area (Å²) in [5.74, 6) is 1.25. The molecule has 3 rings (SSSR count). The zero-order valence-corrected chi connectivity index (χ0v) is 15.8. The van der Waals surface area contributed by atoms with E-state index in [0.717, 1.165) is 25.9 Å². The van der Waals surface area contributed by atoms with Crippen LogP contribution in [0.1, 0.15) is 19.8 Å². The average molecular weight is 377 g/mol. The molecular weight excluding hydrogens is 350 g/mol. The highest BCUT2D eigenvalue weighted by Crippen LogP contribution is 2.25. The van der Waals surface area contributed by atoms with Crippen molar-refractivity contribution in [2.45, 2.75) is 32.4 Å². The molecule has 2 aromatic heterocycles. The van der Waals surface area contributed by atoms with Gasteiger partial charge in [0.15, 0.2) is 11.2 Å². The van der Waals surface area contributed by atoms with Gasteiger partial charge in [-0.2, -0.15) is 4.98 Å². The first-order valence-electron chi connectivity index (χ1n) is 9.23. The standard InChI is InChI=1S/C18H27N5O4/c1-4-9-27-11-13(24)10-23-14-15(21(3)18(26)20-16(14)25)19-17(23)22-7-5-12(2)6-8-22/h4,12-13,24H,1,5-11H2,2-3H3,(H,20,25,26)/t13-/m0/s1. The number of H-pyrrole nitrogens is 1. The van der Waals surface area contributed by atoms with Gasteiger partial charge in [-0.05, 0) is 18.8 Å². The van der Waals surface area contributed by atoms with Crippen LogP contribution in [0.15, 0.2) is 22.2 Å². The van der Waals surface area contributed by atoms with Crippen molar-refractivity contribution in [3.05, 3.63) is 33.5 Å². The molecule has 0 saturated carbocycles. The van der Waals surface area contributed by atoms with E-state index in [1.165, 1.54) is 4.57 Å². The SMILES string of the molecule is C=CCOC[C@@H](O)Cn1c(N2CCC(C)CC2)nc2c1c(=O)[nH]c(=O)n2C. The van der Waals surface area contributed by atoms with Crippen LogP contribution in [0.3, 0.4) is 0 Å². The predicted molar refractivity (Wildman–Crippen MR) is 103 cm³/mol. The number of ether oxygens (including phenoxy) is 1. The first-order chi connectivity index (χ1) is 12.9. The number of fused-ring (bicyclic) bond motifs is 1. The largest absolute Gasteiger partial charge is 0.389 e. The smallest absolute Gasteiger partial charge is 0.329 e. The molecule has 27 heavy (non-hydrogen) atoms. The summed E-state index contributed by atoms with van der Waals surface area (Å²) in [6.07, 6.45) is 2.86. The second-order valence-electron chi connectivity index (χ2n) is 7.16. The topological polar surface area (TPSA) is 105 Å². The van der Waals surface area contributed by atoms with Gasteiger partial charge in [0, 0.05) is 20.1 Å². The molecule has 1 fully saturated rings. The maximum absolute atomic E-state index is 12.5. The molecule has 1 aliphatic heterocycles. The molecule has 9 nitrogen and oxygen atoms in total. The number of aliphatic hydroxyl groups excluding tert-OH is 1. The number of aryl methyl sites for hydroxylation is 1. The summed E-state index contributed by atoms with van der Waals surface area (Å²) < 4.78 is 8.34. The van der Waals surface area contributed by atoms with E-state index in [4.69, 9.17) is 4.74 Å². The Bertz CT molecular complexity index is 920. The van der Waals surface area contributed by atoms with Crippen molar-refractivity contribution < 1.29 is 9.84 Å². The van der Waals surface area contributed by atoms with Crippen molar-refractivity contribution in [1.29, 1.82) is 0 Å². The van der Waals surface area contributed by atoms with E-state index in [-0.39, 0.29) is 18.7 Å². The molecule has 9 heteroatoms. The minimum atomic E-state index is -0.818. The van der Waals surface area contributed by atoms with Gasteiger partial charge in [-0.3, -0.25) is 14.3 Å². The van der Waals surface area contributed by atoms with Gasteiger partial charge in [-0.25, -0.2) is 4.79 Å². The number of imidazole rings is 1. The monoisotopic (exact) mass is 377 g/mol. The van der Waals surface area contributed by atoms with Crippen LogP contribution in [0.4, 0.5) is 5.95 Å². The van der Waals surface area contributed by atoms with E-state index >= 15 is 0 Å². The molecule has 1 aliphatic rings. The number of rotatable bonds is 7. The Labute approximate surface area is 156 Å². The van der Waals surface area contributed by atoms with Crippen molar-refractivity contribution in [1.82, 2.24) is 19.1 Å². The maximum Gasteiger partial charge on any atom is 0.329 e. The van der Waals surface area contributed by atoms with Gasteiger partial charge in [-0.15, -0.1) is 6.58 Å². The van der Waals surface area contributed by atoms with E-state index in [0.29, 0.717) is 24.1 Å². The van der Waals surface area contributed by atoms with Gasteiger partial charge < -0.3 is 19.3 Å². The molecule has 0 aliphatic carbocycles. The molecule has 2 aromatic rings. The number of hydrogen-bond acceptors (Lipinski definition) is 6. The summed E-state index contributed by atoms with van der Waals surface area (Å²) in [4.78, 5) is 33.5. The maximum atomic E-state index is 12.5. The number of anilines is 1. The molecule has 148 valence electrons. The first-order valence-corrected chi connectivity index (χ1v) is 9.23. The van der Waals surface area contributed by atoms with Crippen LogP contribution >= 0.6 is 0 Å². The molecule has 0 unspecified atom stereocenters. The lowest BCUT2D eigenvalue weighted by Gasteiger charge is -2.31. The molecule has 3 heterocycles. The van der Waals surface area contributed by atoms with Crippen molar-refractivity contribution in [3.8, 4) is 0 Å². The summed E-state index contributed by atoms with van der Waals surface area (Å²) in [6.45, 7) is 8.04. The highest BCUT2D eigenvalue weighted by molar-refractivity contribution is 5.74. The molecule has 2 N–H and O–H groups in total. The number of aromatic amines is 1. The lowest BCUT2D eigenvalue weighted by Crippen LogP contribution is -2.36. The Hall–Kier alpha value is -2.39. The highest BCUT2D eigenvalue weighted by Gasteiger charge is 2.25. The fourth-order valence-corrected chi connectivity index (χ4v) is 3.40. The quantitative estimate of drug-likeness (QED) is 0.528. The minimum absolute atomic E-state index is 0.117. The summed E-state index contributed by atoms with van der Waals surface area (Å²) in [5.41, 5.74) is -0.410. The molecule has 0 bridgehead atoms. The van der Waals surface area contributed by atoms with Crippen LogP contribution in [0, 0.1) is 5.92 Å². The van der Waals surface area contributed by atoms with Crippen LogP contribution in [-0.4, -0.2) is 56.6 Å². The number of aromatic nitrogens is 4. The van der Waals surface area contributed by atoms with Crippen LogP contribution in [0.2, 0.25) is 0 Å². The fourth-order valence-electron chi connectivity index (χ4n) is 3.40. The third-order valence-corrected chi connectivity index (χ3v) is 4.99. The summed E-state index contributed by atoms with van der Waals surface area (Å²) >= 11 is 0. The van der Waals surface area contributed by atoms with Crippen molar-refractivity contribution in [2.24, 2.45) is 13.0 Å². The Kier molecular flexibility index (Phi) is 5.81. The summed E-state index contributed by atoms with van der Waals surface area (Å²) in [7, 11) is 1.57. The average Bonchev–Trinajstić information content (AvgIpc) is 3.00. The molecule has 1 saturated heterocycles.